The molecule has 0 radical (unpaired) electrons. The minimum atomic E-state index is 0. The van der Waals surface area contributed by atoms with Crippen LogP contribution in [0.4, 0.5) is 0 Å². The molecule has 0 amide bonds. The van der Waals surface area contributed by atoms with Gasteiger partial charge in [-0.3, -0.25) is 0 Å². The first-order chi connectivity index (χ1) is 19.6. The van der Waals surface area contributed by atoms with E-state index in [-0.39, 0.29) is 12.4 Å². The zero-order chi connectivity index (χ0) is 29.0. The van der Waals surface area contributed by atoms with Crippen molar-refractivity contribution in [3.8, 4) is 0 Å². The van der Waals surface area contributed by atoms with Gasteiger partial charge in [0, 0.05) is 5.56 Å². The molecule has 0 saturated heterocycles. The lowest BCUT2D eigenvalue weighted by Gasteiger charge is -2.39. The Bertz CT molecular complexity index is 628. The largest absolute Gasteiger partial charge is 1.00 e. The topological polar surface area (TPSA) is 0 Å². The van der Waals surface area contributed by atoms with E-state index < -0.39 is 0 Å². The van der Waals surface area contributed by atoms with Crippen molar-refractivity contribution in [2.75, 3.05) is 14.1 Å². The lowest BCUT2D eigenvalue weighted by molar-refractivity contribution is -0.928. The van der Waals surface area contributed by atoms with Crippen LogP contribution in [-0.4, -0.2) is 24.6 Å². The first-order valence-corrected chi connectivity index (χ1v) is 18.5. The van der Waals surface area contributed by atoms with Crippen LogP contribution < -0.4 is 12.4 Å². The summed E-state index contributed by atoms with van der Waals surface area (Å²) in [4.78, 5) is 0. The molecule has 0 aromatic heterocycles. The fourth-order valence-electron chi connectivity index (χ4n) is 6.65. The van der Waals surface area contributed by atoms with E-state index in [1.165, 1.54) is 185 Å². The molecule has 1 rings (SSSR count). The average molecular weight is 592 g/mol. The molecule has 1 aromatic carbocycles. The summed E-state index contributed by atoms with van der Waals surface area (Å²) in [6.07, 6.45) is 39.0. The molecule has 0 bridgehead atoms. The second-order valence-corrected chi connectivity index (χ2v) is 13.8. The van der Waals surface area contributed by atoms with Gasteiger partial charge in [-0.05, 0) is 25.7 Å². The molecule has 41 heavy (non-hydrogen) atoms. The summed E-state index contributed by atoms with van der Waals surface area (Å²) in [5.41, 5.74) is 1.50. The Morgan fingerprint density at radius 1 is 0.439 bits per heavy atom. The molecule has 0 aliphatic carbocycles. The third-order valence-electron chi connectivity index (χ3n) is 9.45. The van der Waals surface area contributed by atoms with Crippen molar-refractivity contribution in [2.24, 2.45) is 0 Å². The molecule has 0 saturated carbocycles. The number of rotatable bonds is 30. The molecule has 0 aliphatic heterocycles. The average Bonchev–Trinajstić information content (AvgIpc) is 2.95. The summed E-state index contributed by atoms with van der Waals surface area (Å²) in [5, 5.41) is 0. The van der Waals surface area contributed by atoms with Crippen molar-refractivity contribution >= 4 is 0 Å². The van der Waals surface area contributed by atoms with E-state index in [2.05, 4.69) is 58.3 Å². The van der Waals surface area contributed by atoms with Crippen molar-refractivity contribution in [3.63, 3.8) is 0 Å². The van der Waals surface area contributed by atoms with Crippen molar-refractivity contribution < 1.29 is 16.9 Å². The first-order valence-electron chi connectivity index (χ1n) is 18.5. The molecule has 0 fully saturated rings. The fraction of sp³-hybridized carbons (Fsp3) is 0.846. The van der Waals surface area contributed by atoms with E-state index in [0.29, 0.717) is 0 Å². The van der Waals surface area contributed by atoms with Crippen molar-refractivity contribution in [2.45, 2.75) is 200 Å². The second kappa shape index (κ2) is 29.5. The molecule has 2 heteroatoms. The number of quaternary nitrogens is 1. The molecule has 1 unspecified atom stereocenters. The number of benzene rings is 1. The van der Waals surface area contributed by atoms with Crippen LogP contribution in [0, 0.1) is 0 Å². The molecule has 0 spiro atoms. The Labute approximate surface area is 266 Å². The Balaban J connectivity index is 0.0000160. The number of nitrogens with zero attached hydrogens (tertiary/aromatic N) is 1. The van der Waals surface area contributed by atoms with Gasteiger partial charge in [-0.25, -0.2) is 0 Å². The number of halogens is 1. The van der Waals surface area contributed by atoms with E-state index in [0.717, 1.165) is 10.5 Å². The molecule has 0 heterocycles. The van der Waals surface area contributed by atoms with Gasteiger partial charge in [0.05, 0.1) is 20.1 Å². The number of hydrogen-bond donors (Lipinski definition) is 0. The molecule has 1 atom stereocenters. The third kappa shape index (κ3) is 24.6. The molecule has 0 aliphatic rings. The monoisotopic (exact) mass is 592 g/mol. The third-order valence-corrected chi connectivity index (χ3v) is 9.45. The van der Waals surface area contributed by atoms with Gasteiger partial charge in [0.2, 0.25) is 0 Å². The van der Waals surface area contributed by atoms with E-state index >= 15 is 0 Å². The summed E-state index contributed by atoms with van der Waals surface area (Å²) < 4.78 is 1.15. The summed E-state index contributed by atoms with van der Waals surface area (Å²) in [6.45, 7) is 5.79. The summed E-state index contributed by atoms with van der Waals surface area (Å²) in [7, 11) is 5.00. The number of unbranched alkanes of at least 4 members (excludes halogenated alkanes) is 23. The highest BCUT2D eigenvalue weighted by Crippen LogP contribution is 2.25. The maximum Gasteiger partial charge on any atom is 0.104 e. The highest BCUT2D eigenvalue weighted by molar-refractivity contribution is 5.13. The van der Waals surface area contributed by atoms with Crippen LogP contribution in [0.5, 0.6) is 0 Å². The minimum Gasteiger partial charge on any atom is -1.00 e. The Morgan fingerprint density at radius 2 is 0.732 bits per heavy atom. The highest BCUT2D eigenvalue weighted by atomic mass is 35.5. The summed E-state index contributed by atoms with van der Waals surface area (Å²) >= 11 is 0. The predicted molar refractivity (Wildman–Crippen MR) is 182 cm³/mol. The Kier molecular flexibility index (Phi) is 29.2. The van der Waals surface area contributed by atoms with Crippen LogP contribution in [-0.2, 0) is 6.54 Å². The van der Waals surface area contributed by atoms with Crippen LogP contribution in [0.25, 0.3) is 0 Å². The Morgan fingerprint density at radius 3 is 1.05 bits per heavy atom. The van der Waals surface area contributed by atoms with Crippen LogP contribution in [0.1, 0.15) is 193 Å². The van der Waals surface area contributed by atoms with Gasteiger partial charge in [0.1, 0.15) is 6.54 Å². The highest BCUT2D eigenvalue weighted by Gasteiger charge is 2.27. The van der Waals surface area contributed by atoms with E-state index in [4.69, 9.17) is 0 Å². The van der Waals surface area contributed by atoms with Gasteiger partial charge in [-0.2, -0.15) is 0 Å². The van der Waals surface area contributed by atoms with Gasteiger partial charge < -0.3 is 16.9 Å². The van der Waals surface area contributed by atoms with Gasteiger partial charge in [0.15, 0.2) is 0 Å². The maximum absolute atomic E-state index is 2.50. The van der Waals surface area contributed by atoms with E-state index in [1.54, 1.807) is 0 Å². The van der Waals surface area contributed by atoms with Crippen molar-refractivity contribution in [1.29, 1.82) is 0 Å². The van der Waals surface area contributed by atoms with Crippen LogP contribution in [0.15, 0.2) is 30.3 Å². The van der Waals surface area contributed by atoms with E-state index in [9.17, 15) is 0 Å². The summed E-state index contributed by atoms with van der Waals surface area (Å²) in [6, 6.07) is 12.0. The van der Waals surface area contributed by atoms with Gasteiger partial charge in [0.25, 0.3) is 0 Å². The quantitative estimate of drug-likeness (QED) is 0.0616. The van der Waals surface area contributed by atoms with Crippen molar-refractivity contribution in [3.05, 3.63) is 35.9 Å². The van der Waals surface area contributed by atoms with E-state index in [1.807, 2.05) is 0 Å². The van der Waals surface area contributed by atoms with Crippen LogP contribution in [0.2, 0.25) is 0 Å². The SMILES string of the molecule is CCCCCCCCCCCCCCCCCC(CCCCCCCCCCCC)[N+](C)(C)Cc1ccccc1.[Cl-]. The van der Waals surface area contributed by atoms with Crippen LogP contribution >= 0.6 is 0 Å². The predicted octanol–water partition coefficient (Wildman–Crippen LogP) is 10.2. The molecule has 1 nitrogen and oxygen atoms in total. The zero-order valence-corrected chi connectivity index (χ0v) is 29.3. The summed E-state index contributed by atoms with van der Waals surface area (Å²) in [5.74, 6) is 0. The lowest BCUT2D eigenvalue weighted by Crippen LogP contribution is -3.00. The fourth-order valence-corrected chi connectivity index (χ4v) is 6.65. The molecule has 1 aromatic rings. The standard InChI is InChI=1S/C39H74N.ClH/c1-5-7-9-11-13-15-17-18-19-20-21-23-25-27-32-36-39(40(3,4)37-38-33-29-28-30-34-38)35-31-26-24-22-16-14-12-10-8-6-2;/h28-30,33-34,39H,5-27,31-32,35-37H2,1-4H3;1H/q+1;/p-1. The molecule has 0 N–H and O–H groups in total. The molecular formula is C39H74ClN. The second-order valence-electron chi connectivity index (χ2n) is 13.8. The lowest BCUT2D eigenvalue weighted by atomic mass is 9.96. The Hall–Kier alpha value is -0.530. The smallest absolute Gasteiger partial charge is 0.104 e. The minimum absolute atomic E-state index is 0. The van der Waals surface area contributed by atoms with Gasteiger partial charge in [-0.15, -0.1) is 0 Å². The van der Waals surface area contributed by atoms with Gasteiger partial charge in [-0.1, -0.05) is 192 Å². The molecule has 242 valence electrons. The normalized spacial score (nSPS) is 12.4. The molecular weight excluding hydrogens is 518 g/mol. The first kappa shape index (κ1) is 40.5. The zero-order valence-electron chi connectivity index (χ0n) is 28.6. The van der Waals surface area contributed by atoms with Gasteiger partial charge >= 0.3 is 0 Å². The van der Waals surface area contributed by atoms with Crippen LogP contribution in [0.3, 0.4) is 0 Å². The number of hydrogen-bond acceptors (Lipinski definition) is 0. The maximum atomic E-state index is 2.50. The van der Waals surface area contributed by atoms with Crippen molar-refractivity contribution in [1.82, 2.24) is 0 Å².